The SMILES string of the molecule is CCCCCCCCCC[Si](O)(O)O[Si](O)(O)O. The van der Waals surface area contributed by atoms with Gasteiger partial charge in [0.1, 0.15) is 0 Å². The molecule has 0 bridgehead atoms. The summed E-state index contributed by atoms with van der Waals surface area (Å²) < 4.78 is 4.14. The van der Waals surface area contributed by atoms with Crippen LogP contribution in [0.3, 0.4) is 0 Å². The Kier molecular flexibility index (Phi) is 9.25. The van der Waals surface area contributed by atoms with Gasteiger partial charge in [0, 0.05) is 6.04 Å². The zero-order valence-corrected chi connectivity index (χ0v) is 13.0. The van der Waals surface area contributed by atoms with Crippen LogP contribution in [0.1, 0.15) is 58.3 Å². The summed E-state index contributed by atoms with van der Waals surface area (Å²) in [5, 5.41) is 0. The van der Waals surface area contributed by atoms with E-state index in [9.17, 15) is 9.59 Å². The molecule has 0 aliphatic rings. The van der Waals surface area contributed by atoms with Gasteiger partial charge in [0.15, 0.2) is 0 Å². The van der Waals surface area contributed by atoms with Crippen molar-refractivity contribution in [1.82, 2.24) is 0 Å². The fourth-order valence-electron chi connectivity index (χ4n) is 1.76. The molecule has 0 unspecified atom stereocenters. The Morgan fingerprint density at radius 1 is 0.722 bits per heavy atom. The van der Waals surface area contributed by atoms with Crippen LogP contribution in [0.5, 0.6) is 0 Å². The summed E-state index contributed by atoms with van der Waals surface area (Å²) in [6.07, 6.45) is 8.47. The zero-order chi connectivity index (χ0) is 14.1. The van der Waals surface area contributed by atoms with E-state index in [0.29, 0.717) is 6.42 Å². The Bertz CT molecular complexity index is 207. The summed E-state index contributed by atoms with van der Waals surface area (Å²) in [6.45, 7) is 2.17. The van der Waals surface area contributed by atoms with Gasteiger partial charge in [-0.3, -0.25) is 0 Å². The quantitative estimate of drug-likeness (QED) is 0.280. The second kappa shape index (κ2) is 9.15. The van der Waals surface area contributed by atoms with Crippen LogP contribution < -0.4 is 0 Å². The third-order valence-electron chi connectivity index (χ3n) is 2.66. The molecule has 0 saturated heterocycles. The minimum Gasteiger partial charge on any atom is -0.390 e. The first-order valence-corrected chi connectivity index (χ1v) is 10.3. The van der Waals surface area contributed by atoms with E-state index in [1.165, 1.54) is 25.7 Å². The average molecular weight is 298 g/mol. The minimum absolute atomic E-state index is 0.0155. The van der Waals surface area contributed by atoms with Crippen molar-refractivity contribution in [2.45, 2.75) is 64.3 Å². The number of hydrogen-bond acceptors (Lipinski definition) is 6. The first kappa shape index (κ1) is 18.2. The molecule has 0 aromatic rings. The Labute approximate surface area is 111 Å². The number of hydrogen-bond donors (Lipinski definition) is 5. The van der Waals surface area contributed by atoms with Crippen LogP contribution in [0.2, 0.25) is 6.04 Å². The molecule has 0 aliphatic heterocycles. The molecule has 6 nitrogen and oxygen atoms in total. The van der Waals surface area contributed by atoms with Gasteiger partial charge in [-0.05, 0) is 6.42 Å². The molecule has 110 valence electrons. The first-order chi connectivity index (χ1) is 8.27. The van der Waals surface area contributed by atoms with E-state index in [0.717, 1.165) is 19.3 Å². The van der Waals surface area contributed by atoms with Crippen molar-refractivity contribution in [2.24, 2.45) is 0 Å². The fourth-order valence-corrected chi connectivity index (χ4v) is 4.63. The van der Waals surface area contributed by atoms with Crippen molar-refractivity contribution in [2.75, 3.05) is 0 Å². The maximum absolute atomic E-state index is 9.35. The van der Waals surface area contributed by atoms with Crippen LogP contribution in [0, 0.1) is 0 Å². The summed E-state index contributed by atoms with van der Waals surface area (Å²) >= 11 is 0. The summed E-state index contributed by atoms with van der Waals surface area (Å²) in [5.41, 5.74) is 0. The van der Waals surface area contributed by atoms with Gasteiger partial charge in [0.05, 0.1) is 0 Å². The molecule has 0 heterocycles. The van der Waals surface area contributed by atoms with Gasteiger partial charge >= 0.3 is 17.9 Å². The van der Waals surface area contributed by atoms with Crippen molar-refractivity contribution < 1.29 is 28.1 Å². The van der Waals surface area contributed by atoms with E-state index in [1.807, 2.05) is 0 Å². The molecule has 0 aliphatic carbocycles. The van der Waals surface area contributed by atoms with Crippen LogP contribution in [0.25, 0.3) is 0 Å². The average Bonchev–Trinajstić information content (AvgIpc) is 2.18. The van der Waals surface area contributed by atoms with Crippen LogP contribution in [-0.4, -0.2) is 41.8 Å². The maximum Gasteiger partial charge on any atom is 0.663 e. The second-order valence-electron chi connectivity index (χ2n) is 4.64. The molecule has 0 radical (unpaired) electrons. The van der Waals surface area contributed by atoms with E-state index >= 15 is 0 Å². The van der Waals surface area contributed by atoms with Gasteiger partial charge in [-0.1, -0.05) is 51.9 Å². The van der Waals surface area contributed by atoms with Gasteiger partial charge in [-0.15, -0.1) is 0 Å². The molecule has 0 fully saturated rings. The molecular formula is C10H26O6Si2. The van der Waals surface area contributed by atoms with Gasteiger partial charge < -0.3 is 28.1 Å². The lowest BCUT2D eigenvalue weighted by Gasteiger charge is -2.21. The molecule has 0 rings (SSSR count). The van der Waals surface area contributed by atoms with E-state index in [4.69, 9.17) is 14.4 Å². The van der Waals surface area contributed by atoms with Crippen LogP contribution in [0.4, 0.5) is 0 Å². The topological polar surface area (TPSA) is 110 Å². The molecule has 18 heavy (non-hydrogen) atoms. The summed E-state index contributed by atoms with van der Waals surface area (Å²) in [7, 11) is -8.93. The van der Waals surface area contributed by atoms with Crippen LogP contribution >= 0.6 is 0 Å². The first-order valence-electron chi connectivity index (χ1n) is 6.59. The molecule has 0 spiro atoms. The summed E-state index contributed by atoms with van der Waals surface area (Å²) in [5.74, 6) is 0. The third-order valence-corrected chi connectivity index (χ3v) is 6.06. The van der Waals surface area contributed by atoms with Crippen molar-refractivity contribution in [3.8, 4) is 0 Å². The van der Waals surface area contributed by atoms with Gasteiger partial charge in [-0.25, -0.2) is 0 Å². The minimum atomic E-state index is -4.82. The van der Waals surface area contributed by atoms with Crippen molar-refractivity contribution >= 4 is 17.9 Å². The summed E-state index contributed by atoms with van der Waals surface area (Å²) in [6, 6.07) is -0.0155. The van der Waals surface area contributed by atoms with Gasteiger partial charge in [0.25, 0.3) is 0 Å². The van der Waals surface area contributed by atoms with E-state index in [-0.39, 0.29) is 6.04 Å². The molecular weight excluding hydrogens is 272 g/mol. The molecule has 5 N–H and O–H groups in total. The highest BCUT2D eigenvalue weighted by Crippen LogP contribution is 2.15. The highest BCUT2D eigenvalue weighted by molar-refractivity contribution is 6.68. The van der Waals surface area contributed by atoms with E-state index in [1.54, 1.807) is 0 Å². The smallest absolute Gasteiger partial charge is 0.390 e. The van der Waals surface area contributed by atoms with Crippen LogP contribution in [-0.2, 0) is 4.12 Å². The van der Waals surface area contributed by atoms with Crippen molar-refractivity contribution in [1.29, 1.82) is 0 Å². The molecule has 0 atom stereocenters. The summed E-state index contributed by atoms with van der Waals surface area (Å²) in [4.78, 5) is 44.6. The van der Waals surface area contributed by atoms with E-state index < -0.39 is 17.9 Å². The van der Waals surface area contributed by atoms with Gasteiger partial charge in [0.2, 0.25) is 0 Å². The normalized spacial score (nSPS) is 13.0. The standard InChI is InChI=1S/C10H26O6Si2/c1-2-3-4-5-6-7-8-9-10-17(11,12)16-18(13,14)15/h11-15H,2-10H2,1H3. The van der Waals surface area contributed by atoms with E-state index in [2.05, 4.69) is 11.0 Å². The molecule has 0 saturated carbocycles. The van der Waals surface area contributed by atoms with Crippen molar-refractivity contribution in [3.63, 3.8) is 0 Å². The largest absolute Gasteiger partial charge is 0.663 e. The van der Waals surface area contributed by atoms with Crippen molar-refractivity contribution in [3.05, 3.63) is 0 Å². The monoisotopic (exact) mass is 298 g/mol. The maximum atomic E-state index is 9.35. The highest BCUT2D eigenvalue weighted by atomic mass is 28.5. The molecule has 0 amide bonds. The lowest BCUT2D eigenvalue weighted by molar-refractivity contribution is 0.0828. The van der Waals surface area contributed by atoms with Gasteiger partial charge in [-0.2, -0.15) is 0 Å². The number of unbranched alkanes of at least 4 members (excludes halogenated alkanes) is 7. The lowest BCUT2D eigenvalue weighted by atomic mass is 10.1. The van der Waals surface area contributed by atoms with Crippen LogP contribution in [0.15, 0.2) is 0 Å². The predicted molar refractivity (Wildman–Crippen MR) is 71.1 cm³/mol. The highest BCUT2D eigenvalue weighted by Gasteiger charge is 2.45. The third kappa shape index (κ3) is 12.6. The predicted octanol–water partition coefficient (Wildman–Crippen LogP) is 0.480. The molecule has 0 aromatic carbocycles. The molecule has 8 heteroatoms. The Hall–Kier alpha value is 0.194. The molecule has 0 aromatic heterocycles. The Morgan fingerprint density at radius 3 is 1.61 bits per heavy atom. The second-order valence-corrected chi connectivity index (χ2v) is 8.59. The zero-order valence-electron chi connectivity index (χ0n) is 11.0. The Morgan fingerprint density at radius 2 is 1.17 bits per heavy atom. The number of rotatable bonds is 11. The fraction of sp³-hybridized carbons (Fsp3) is 1.00. The lowest BCUT2D eigenvalue weighted by Crippen LogP contribution is -2.53. The Balaban J connectivity index is 3.47.